The molecule has 8 nitrogen and oxygen atoms in total. The summed E-state index contributed by atoms with van der Waals surface area (Å²) in [5, 5.41) is 5.91. The zero-order valence-corrected chi connectivity index (χ0v) is 19.5. The summed E-state index contributed by atoms with van der Waals surface area (Å²) in [6.45, 7) is 3.23. The molecule has 1 aromatic heterocycles. The number of thiophene rings is 1. The Labute approximate surface area is 200 Å². The molecule has 0 unspecified atom stereocenters. The number of benzene rings is 2. The molecule has 2 aromatic carbocycles. The third-order valence-corrected chi connectivity index (χ3v) is 6.59. The first-order valence-electron chi connectivity index (χ1n) is 10.7. The Hall–Kier alpha value is -3.98. The Morgan fingerprint density at radius 2 is 1.62 bits per heavy atom. The molecule has 1 saturated heterocycles. The van der Waals surface area contributed by atoms with Crippen LogP contribution in [0.3, 0.4) is 0 Å². The molecule has 4 amide bonds. The van der Waals surface area contributed by atoms with E-state index < -0.39 is 35.9 Å². The van der Waals surface area contributed by atoms with Crippen LogP contribution in [0, 0.1) is 6.92 Å². The number of rotatable bonds is 7. The summed E-state index contributed by atoms with van der Waals surface area (Å²) < 4.78 is 5.02. The van der Waals surface area contributed by atoms with Crippen LogP contribution in [0.4, 0.5) is 9.80 Å². The van der Waals surface area contributed by atoms with Crippen LogP contribution in [0.5, 0.6) is 0 Å². The lowest BCUT2D eigenvalue weighted by Crippen LogP contribution is -2.45. The Bertz CT molecular complexity index is 1200. The largest absolute Gasteiger partial charge is 0.462 e. The van der Waals surface area contributed by atoms with Gasteiger partial charge in [-0.1, -0.05) is 60.7 Å². The van der Waals surface area contributed by atoms with E-state index in [9.17, 15) is 19.2 Å². The van der Waals surface area contributed by atoms with Crippen molar-refractivity contribution in [2.24, 2.45) is 0 Å². The number of amides is 4. The number of nitrogens with zero attached hydrogens (tertiary/aromatic N) is 1. The fourth-order valence-corrected chi connectivity index (χ4v) is 4.90. The molecule has 0 atom stereocenters. The van der Waals surface area contributed by atoms with E-state index in [0.29, 0.717) is 26.6 Å². The van der Waals surface area contributed by atoms with Gasteiger partial charge in [-0.15, -0.1) is 11.3 Å². The number of esters is 1. The molecule has 174 valence electrons. The summed E-state index contributed by atoms with van der Waals surface area (Å²) in [4.78, 5) is 52.7. The minimum atomic E-state index is -1.43. The maximum Gasteiger partial charge on any atom is 0.348 e. The van der Waals surface area contributed by atoms with Gasteiger partial charge >= 0.3 is 12.0 Å². The van der Waals surface area contributed by atoms with E-state index in [1.54, 1.807) is 68.4 Å². The summed E-state index contributed by atoms with van der Waals surface area (Å²) in [5.41, 5.74) is 0.419. The van der Waals surface area contributed by atoms with Gasteiger partial charge in [0.05, 0.1) is 11.6 Å². The lowest BCUT2D eigenvalue weighted by molar-refractivity contribution is -0.133. The van der Waals surface area contributed by atoms with Gasteiger partial charge in [-0.05, 0) is 36.6 Å². The first-order chi connectivity index (χ1) is 16.4. The number of ether oxygens (including phenoxy) is 1. The van der Waals surface area contributed by atoms with Crippen molar-refractivity contribution in [2.75, 3.05) is 18.5 Å². The molecule has 9 heteroatoms. The maximum absolute atomic E-state index is 13.7. The fraction of sp³-hybridized carbons (Fsp3) is 0.200. The number of aryl methyl sites for hydroxylation is 1. The van der Waals surface area contributed by atoms with E-state index in [0.717, 1.165) is 16.2 Å². The van der Waals surface area contributed by atoms with Gasteiger partial charge in [0, 0.05) is 0 Å². The lowest BCUT2D eigenvalue weighted by atomic mass is 9.82. The number of imide groups is 1. The van der Waals surface area contributed by atoms with Crippen LogP contribution in [0.25, 0.3) is 0 Å². The number of carbonyl (C=O) groups excluding carboxylic acids is 4. The summed E-state index contributed by atoms with van der Waals surface area (Å²) in [6.07, 6.45) is 0. The number of urea groups is 1. The predicted molar refractivity (Wildman–Crippen MR) is 128 cm³/mol. The molecule has 0 aliphatic carbocycles. The quantitative estimate of drug-likeness (QED) is 0.399. The van der Waals surface area contributed by atoms with E-state index in [-0.39, 0.29) is 6.61 Å². The van der Waals surface area contributed by atoms with Crippen molar-refractivity contribution in [3.05, 3.63) is 88.3 Å². The summed E-state index contributed by atoms with van der Waals surface area (Å²) in [7, 11) is 0. The van der Waals surface area contributed by atoms with E-state index in [2.05, 4.69) is 10.6 Å². The van der Waals surface area contributed by atoms with Gasteiger partial charge in [-0.3, -0.25) is 14.5 Å². The molecule has 1 aliphatic heterocycles. The van der Waals surface area contributed by atoms with Crippen molar-refractivity contribution in [2.45, 2.75) is 19.4 Å². The van der Waals surface area contributed by atoms with Crippen molar-refractivity contribution in [3.63, 3.8) is 0 Å². The molecule has 2 N–H and O–H groups in total. The molecule has 0 saturated carbocycles. The first-order valence-corrected chi connectivity index (χ1v) is 11.5. The molecule has 0 radical (unpaired) electrons. The smallest absolute Gasteiger partial charge is 0.348 e. The standard InChI is InChI=1S/C25H23N3O5S/c1-3-33-22(30)21-16(2)14-20(34-21)26-19(29)15-28-23(31)25(27-24(28)32,17-10-6-4-7-11-17)18-12-8-5-9-13-18/h4-14H,3,15H2,1-2H3,(H,26,29)(H,27,32). The molecule has 1 fully saturated rings. The topological polar surface area (TPSA) is 105 Å². The van der Waals surface area contributed by atoms with Crippen LogP contribution in [-0.2, 0) is 19.9 Å². The van der Waals surface area contributed by atoms with Crippen molar-refractivity contribution < 1.29 is 23.9 Å². The molecule has 0 spiro atoms. The molecule has 2 heterocycles. The maximum atomic E-state index is 13.7. The summed E-state index contributed by atoms with van der Waals surface area (Å²) in [6, 6.07) is 18.8. The van der Waals surface area contributed by atoms with Crippen LogP contribution in [0.2, 0.25) is 0 Å². The monoisotopic (exact) mass is 477 g/mol. The van der Waals surface area contributed by atoms with Gasteiger partial charge in [0.2, 0.25) is 5.91 Å². The number of nitrogens with one attached hydrogen (secondary N) is 2. The van der Waals surface area contributed by atoms with E-state index in [1.165, 1.54) is 0 Å². The number of anilines is 1. The van der Waals surface area contributed by atoms with Crippen molar-refractivity contribution >= 4 is 40.2 Å². The van der Waals surface area contributed by atoms with Crippen LogP contribution in [0.1, 0.15) is 33.3 Å². The number of carbonyl (C=O) groups is 4. The molecule has 34 heavy (non-hydrogen) atoms. The molecule has 4 rings (SSSR count). The van der Waals surface area contributed by atoms with E-state index in [1.807, 2.05) is 12.1 Å². The highest BCUT2D eigenvalue weighted by Gasteiger charge is 2.54. The molecule has 0 bridgehead atoms. The minimum absolute atomic E-state index is 0.245. The van der Waals surface area contributed by atoms with E-state index in [4.69, 9.17) is 4.74 Å². The van der Waals surface area contributed by atoms with Gasteiger partial charge < -0.3 is 15.4 Å². The second kappa shape index (κ2) is 9.48. The van der Waals surface area contributed by atoms with E-state index >= 15 is 0 Å². The third kappa shape index (κ3) is 4.17. The second-order valence-corrected chi connectivity index (χ2v) is 8.75. The zero-order valence-electron chi connectivity index (χ0n) is 18.7. The summed E-state index contributed by atoms with van der Waals surface area (Å²) >= 11 is 1.08. The molecular formula is C25H23N3O5S. The Morgan fingerprint density at radius 3 is 2.18 bits per heavy atom. The highest BCUT2D eigenvalue weighted by atomic mass is 32.1. The third-order valence-electron chi connectivity index (χ3n) is 5.46. The Morgan fingerprint density at radius 1 is 1.03 bits per heavy atom. The van der Waals surface area contributed by atoms with Crippen LogP contribution in [0.15, 0.2) is 66.7 Å². The highest BCUT2D eigenvalue weighted by Crippen LogP contribution is 2.36. The summed E-state index contributed by atoms with van der Waals surface area (Å²) in [5.74, 6) is -1.56. The van der Waals surface area contributed by atoms with Crippen LogP contribution >= 0.6 is 11.3 Å². The predicted octanol–water partition coefficient (Wildman–Crippen LogP) is 3.67. The highest BCUT2D eigenvalue weighted by molar-refractivity contribution is 7.18. The van der Waals surface area contributed by atoms with Crippen molar-refractivity contribution in [1.29, 1.82) is 0 Å². The van der Waals surface area contributed by atoms with Gasteiger partial charge in [-0.25, -0.2) is 9.59 Å². The molecule has 3 aromatic rings. The second-order valence-electron chi connectivity index (χ2n) is 7.69. The van der Waals surface area contributed by atoms with Gasteiger partial charge in [0.1, 0.15) is 11.4 Å². The fourth-order valence-electron chi connectivity index (χ4n) is 3.92. The normalized spacial score (nSPS) is 14.6. The minimum Gasteiger partial charge on any atom is -0.462 e. The Balaban J connectivity index is 1.57. The van der Waals surface area contributed by atoms with Crippen molar-refractivity contribution in [1.82, 2.24) is 10.2 Å². The molecular weight excluding hydrogens is 454 g/mol. The first kappa shape index (κ1) is 23.2. The number of hydrogen-bond acceptors (Lipinski definition) is 6. The number of hydrogen-bond donors (Lipinski definition) is 2. The van der Waals surface area contributed by atoms with Gasteiger partial charge in [-0.2, -0.15) is 0 Å². The van der Waals surface area contributed by atoms with Crippen molar-refractivity contribution in [3.8, 4) is 0 Å². The van der Waals surface area contributed by atoms with Crippen LogP contribution in [-0.4, -0.2) is 41.9 Å². The van der Waals surface area contributed by atoms with Gasteiger partial charge in [0.25, 0.3) is 5.91 Å². The van der Waals surface area contributed by atoms with Crippen LogP contribution < -0.4 is 10.6 Å². The zero-order chi connectivity index (χ0) is 24.3. The SMILES string of the molecule is CCOC(=O)c1sc(NC(=O)CN2C(=O)NC(c3ccccc3)(c3ccccc3)C2=O)cc1C. The Kier molecular flexibility index (Phi) is 6.47. The average Bonchev–Trinajstić information content (AvgIpc) is 3.32. The van der Waals surface area contributed by atoms with Gasteiger partial charge in [0.15, 0.2) is 5.54 Å². The lowest BCUT2D eigenvalue weighted by Gasteiger charge is -2.27. The average molecular weight is 478 g/mol. The molecule has 1 aliphatic rings.